The molecule has 1 N–H and O–H groups in total. The van der Waals surface area contributed by atoms with E-state index in [0.29, 0.717) is 17.9 Å². The third kappa shape index (κ3) is 4.60. The zero-order valence-electron chi connectivity index (χ0n) is 13.9. The predicted molar refractivity (Wildman–Crippen MR) is 94.9 cm³/mol. The molecule has 0 heterocycles. The van der Waals surface area contributed by atoms with Gasteiger partial charge in [-0.15, -0.1) is 0 Å². The molecule has 5 heteroatoms. The highest BCUT2D eigenvalue weighted by atomic mass is 19.1. The van der Waals surface area contributed by atoms with Crippen molar-refractivity contribution in [3.05, 3.63) is 95.3 Å². The molecule has 3 aromatic carbocycles. The monoisotopic (exact) mass is 352 g/mol. The summed E-state index contributed by atoms with van der Waals surface area (Å²) in [5, 5.41) is 9.42. The third-order valence-corrected chi connectivity index (χ3v) is 3.71. The Labute approximate surface area is 150 Å². The molecule has 0 aliphatic rings. The van der Waals surface area contributed by atoms with E-state index < -0.39 is 5.97 Å². The van der Waals surface area contributed by atoms with Crippen molar-refractivity contribution in [2.45, 2.75) is 13.2 Å². The molecule has 0 aliphatic carbocycles. The van der Waals surface area contributed by atoms with Gasteiger partial charge in [0.05, 0.1) is 0 Å². The summed E-state index contributed by atoms with van der Waals surface area (Å²) in [5.74, 6) is -0.850. The van der Waals surface area contributed by atoms with Crippen molar-refractivity contribution in [1.82, 2.24) is 0 Å². The van der Waals surface area contributed by atoms with Crippen LogP contribution in [0.15, 0.2) is 72.8 Å². The Morgan fingerprint density at radius 2 is 1.58 bits per heavy atom. The van der Waals surface area contributed by atoms with E-state index in [9.17, 15) is 14.3 Å². The largest absolute Gasteiger partial charge is 0.489 e. The SMILES string of the molecule is O=C(O)c1cc(OCc2ccccc2)ccc1OCc1cccc(F)c1. The highest BCUT2D eigenvalue weighted by Gasteiger charge is 2.13. The van der Waals surface area contributed by atoms with Crippen LogP contribution in [0.2, 0.25) is 0 Å². The predicted octanol–water partition coefficient (Wildman–Crippen LogP) is 4.68. The molecule has 26 heavy (non-hydrogen) atoms. The van der Waals surface area contributed by atoms with Crippen molar-refractivity contribution in [2.24, 2.45) is 0 Å². The van der Waals surface area contributed by atoms with E-state index in [1.165, 1.54) is 18.2 Å². The molecule has 132 valence electrons. The van der Waals surface area contributed by atoms with E-state index in [-0.39, 0.29) is 23.7 Å². The molecule has 0 aromatic heterocycles. The van der Waals surface area contributed by atoms with Gasteiger partial charge in [0.2, 0.25) is 0 Å². The van der Waals surface area contributed by atoms with Crippen molar-refractivity contribution >= 4 is 5.97 Å². The van der Waals surface area contributed by atoms with Crippen molar-refractivity contribution in [1.29, 1.82) is 0 Å². The molecular formula is C21H17FO4. The Bertz CT molecular complexity index is 894. The number of rotatable bonds is 7. The smallest absolute Gasteiger partial charge is 0.339 e. The number of carboxylic acids is 1. The number of carbonyl (C=O) groups is 1. The lowest BCUT2D eigenvalue weighted by Gasteiger charge is -2.12. The molecule has 0 bridgehead atoms. The Morgan fingerprint density at radius 1 is 0.846 bits per heavy atom. The van der Waals surface area contributed by atoms with E-state index in [1.807, 2.05) is 30.3 Å². The van der Waals surface area contributed by atoms with Crippen LogP contribution in [0.4, 0.5) is 4.39 Å². The van der Waals surface area contributed by atoms with E-state index >= 15 is 0 Å². The Balaban J connectivity index is 1.71. The fourth-order valence-corrected chi connectivity index (χ4v) is 2.42. The maximum atomic E-state index is 13.2. The van der Waals surface area contributed by atoms with Gasteiger partial charge in [0, 0.05) is 0 Å². The second kappa shape index (κ2) is 8.16. The summed E-state index contributed by atoms with van der Waals surface area (Å²) >= 11 is 0. The summed E-state index contributed by atoms with van der Waals surface area (Å²) in [6.07, 6.45) is 0. The van der Waals surface area contributed by atoms with Gasteiger partial charge in [0.25, 0.3) is 0 Å². The molecule has 4 nitrogen and oxygen atoms in total. The molecule has 0 saturated heterocycles. The lowest BCUT2D eigenvalue weighted by atomic mass is 10.2. The van der Waals surface area contributed by atoms with E-state index in [1.54, 1.807) is 24.3 Å². The molecule has 3 rings (SSSR count). The normalized spacial score (nSPS) is 10.3. The minimum absolute atomic E-state index is 0.00744. The first-order valence-electron chi connectivity index (χ1n) is 8.03. The molecule has 0 atom stereocenters. The highest BCUT2D eigenvalue weighted by molar-refractivity contribution is 5.91. The van der Waals surface area contributed by atoms with Gasteiger partial charge < -0.3 is 14.6 Å². The fraction of sp³-hybridized carbons (Fsp3) is 0.0952. The highest BCUT2D eigenvalue weighted by Crippen LogP contribution is 2.26. The lowest BCUT2D eigenvalue weighted by Crippen LogP contribution is -2.05. The molecule has 0 amide bonds. The van der Waals surface area contributed by atoms with Crippen LogP contribution in [-0.4, -0.2) is 11.1 Å². The molecular weight excluding hydrogens is 335 g/mol. The van der Waals surface area contributed by atoms with Gasteiger partial charge in [-0.3, -0.25) is 0 Å². The third-order valence-electron chi connectivity index (χ3n) is 3.71. The summed E-state index contributed by atoms with van der Waals surface area (Å²) in [5.41, 5.74) is 1.59. The molecule has 0 saturated carbocycles. The summed E-state index contributed by atoms with van der Waals surface area (Å²) < 4.78 is 24.4. The topological polar surface area (TPSA) is 55.8 Å². The van der Waals surface area contributed by atoms with Crippen LogP contribution in [-0.2, 0) is 13.2 Å². The maximum Gasteiger partial charge on any atom is 0.339 e. The summed E-state index contributed by atoms with van der Waals surface area (Å²) in [6, 6.07) is 20.2. The van der Waals surface area contributed by atoms with Crippen LogP contribution in [0.5, 0.6) is 11.5 Å². The van der Waals surface area contributed by atoms with Crippen molar-refractivity contribution in [2.75, 3.05) is 0 Å². The van der Waals surface area contributed by atoms with E-state index in [4.69, 9.17) is 9.47 Å². The van der Waals surface area contributed by atoms with Crippen molar-refractivity contribution in [3.8, 4) is 11.5 Å². The van der Waals surface area contributed by atoms with Crippen LogP contribution < -0.4 is 9.47 Å². The van der Waals surface area contributed by atoms with Crippen LogP contribution in [0.3, 0.4) is 0 Å². The maximum absolute atomic E-state index is 13.2. The molecule has 0 unspecified atom stereocenters. The molecule has 0 fully saturated rings. The van der Waals surface area contributed by atoms with Gasteiger partial charge in [0.15, 0.2) is 0 Å². The van der Waals surface area contributed by atoms with Crippen molar-refractivity contribution in [3.63, 3.8) is 0 Å². The van der Waals surface area contributed by atoms with Gasteiger partial charge in [-0.05, 0) is 41.5 Å². The van der Waals surface area contributed by atoms with Crippen LogP contribution in [0, 0.1) is 5.82 Å². The lowest BCUT2D eigenvalue weighted by molar-refractivity contribution is 0.0691. The van der Waals surface area contributed by atoms with Gasteiger partial charge in [-0.25, -0.2) is 9.18 Å². The number of ether oxygens (including phenoxy) is 2. The Kier molecular flexibility index (Phi) is 5.49. The zero-order chi connectivity index (χ0) is 18.4. The first-order chi connectivity index (χ1) is 12.6. The number of carboxylic acid groups (broad SMARTS) is 1. The second-order valence-corrected chi connectivity index (χ2v) is 5.66. The van der Waals surface area contributed by atoms with E-state index in [0.717, 1.165) is 5.56 Å². The fourth-order valence-electron chi connectivity index (χ4n) is 2.42. The zero-order valence-corrected chi connectivity index (χ0v) is 13.9. The summed E-state index contributed by atoms with van der Waals surface area (Å²) in [7, 11) is 0. The quantitative estimate of drug-likeness (QED) is 0.671. The minimum Gasteiger partial charge on any atom is -0.489 e. The number of aromatic carboxylic acids is 1. The van der Waals surface area contributed by atoms with Crippen molar-refractivity contribution < 1.29 is 23.8 Å². The number of hydrogen-bond acceptors (Lipinski definition) is 3. The van der Waals surface area contributed by atoms with Gasteiger partial charge in [-0.2, -0.15) is 0 Å². The Morgan fingerprint density at radius 3 is 2.31 bits per heavy atom. The van der Waals surface area contributed by atoms with Crippen LogP contribution in [0.25, 0.3) is 0 Å². The molecule has 0 radical (unpaired) electrons. The first-order valence-corrected chi connectivity index (χ1v) is 8.03. The average Bonchev–Trinajstić information content (AvgIpc) is 2.66. The van der Waals surface area contributed by atoms with Gasteiger partial charge in [0.1, 0.15) is 36.1 Å². The van der Waals surface area contributed by atoms with Crippen LogP contribution in [0.1, 0.15) is 21.5 Å². The van der Waals surface area contributed by atoms with E-state index in [2.05, 4.69) is 0 Å². The summed E-state index contributed by atoms with van der Waals surface area (Å²) in [6.45, 7) is 0.408. The first kappa shape index (κ1) is 17.5. The standard InChI is InChI=1S/C21H17FO4/c22-17-8-4-7-16(11-17)14-26-20-10-9-18(12-19(20)21(23)24)25-13-15-5-2-1-3-6-15/h1-12H,13-14H2,(H,23,24). The molecule has 3 aromatic rings. The average molecular weight is 352 g/mol. The van der Waals surface area contributed by atoms with Crippen LogP contribution >= 0.6 is 0 Å². The number of halogens is 1. The number of hydrogen-bond donors (Lipinski definition) is 1. The second-order valence-electron chi connectivity index (χ2n) is 5.66. The van der Waals surface area contributed by atoms with Gasteiger partial charge >= 0.3 is 5.97 Å². The van der Waals surface area contributed by atoms with Gasteiger partial charge in [-0.1, -0.05) is 42.5 Å². The Hall–Kier alpha value is -3.34. The molecule has 0 aliphatic heterocycles. The number of benzene rings is 3. The molecule has 0 spiro atoms. The summed E-state index contributed by atoms with van der Waals surface area (Å²) in [4.78, 5) is 11.5. The minimum atomic E-state index is -1.12.